The van der Waals surface area contributed by atoms with Gasteiger partial charge in [-0.2, -0.15) is 0 Å². The van der Waals surface area contributed by atoms with Gasteiger partial charge in [0.05, 0.1) is 6.61 Å². The molecule has 1 aliphatic heterocycles. The minimum absolute atomic E-state index is 0. The van der Waals surface area contributed by atoms with E-state index in [1.54, 1.807) is 7.11 Å². The maximum absolute atomic E-state index is 10.4. The van der Waals surface area contributed by atoms with Crippen molar-refractivity contribution in [3.8, 4) is 0 Å². The Balaban J connectivity index is 0. The summed E-state index contributed by atoms with van der Waals surface area (Å²) in [7, 11) is 1.72. The van der Waals surface area contributed by atoms with Crippen LogP contribution in [0.4, 0.5) is 0 Å². The van der Waals surface area contributed by atoms with E-state index in [4.69, 9.17) is 4.74 Å². The van der Waals surface area contributed by atoms with Crippen LogP contribution in [0.25, 0.3) is 0 Å². The van der Waals surface area contributed by atoms with Gasteiger partial charge in [0.25, 0.3) is 0 Å². The summed E-state index contributed by atoms with van der Waals surface area (Å²) in [5.74, 6) is 2.17. The number of nitrogens with zero attached hydrogens (tertiary/aromatic N) is 1. The first-order chi connectivity index (χ1) is 9.99. The van der Waals surface area contributed by atoms with Crippen LogP contribution in [-0.2, 0) is 9.53 Å². The van der Waals surface area contributed by atoms with Crippen molar-refractivity contribution in [1.82, 2.24) is 4.90 Å². The molecule has 0 bridgehead atoms. The van der Waals surface area contributed by atoms with Crippen LogP contribution >= 0.6 is 0 Å². The molecule has 1 aliphatic rings. The number of rotatable bonds is 8. The predicted octanol–water partition coefficient (Wildman–Crippen LogP) is 3.50. The van der Waals surface area contributed by atoms with E-state index in [1.165, 1.54) is 10.6 Å². The second-order valence-electron chi connectivity index (χ2n) is 6.86. The number of hydrogen-bond donors (Lipinski definition) is 0. The van der Waals surface area contributed by atoms with Gasteiger partial charge in [0, 0.05) is 19.6 Å². The maximum atomic E-state index is 10.4. The van der Waals surface area contributed by atoms with Crippen LogP contribution in [0, 0.1) is 17.8 Å². The van der Waals surface area contributed by atoms with Gasteiger partial charge >= 0.3 is 65.3 Å². The standard InChI is InChI=1S/C9H17NO2.2C4H9.Al.H/c1-12-7-6-10-4-2-9(8-11)3-5-10;2*1-4(2)3;;/h8-9H,2-7H2,1H3;2*4H,1H2,2-3H3;;/q;;;+1;-1. The first kappa shape index (κ1) is 21.1. The van der Waals surface area contributed by atoms with E-state index in [-0.39, 0.29) is 1.43 Å². The van der Waals surface area contributed by atoms with Crippen LogP contribution in [0.1, 0.15) is 42.0 Å². The van der Waals surface area contributed by atoms with E-state index in [9.17, 15) is 4.79 Å². The van der Waals surface area contributed by atoms with E-state index in [2.05, 4.69) is 32.6 Å². The van der Waals surface area contributed by atoms with Crippen molar-refractivity contribution in [2.45, 2.75) is 51.1 Å². The van der Waals surface area contributed by atoms with Crippen LogP contribution in [-0.4, -0.2) is 59.8 Å². The third kappa shape index (κ3) is 13.5. The van der Waals surface area contributed by atoms with Gasteiger partial charge in [-0.25, -0.2) is 0 Å². The molecule has 0 saturated carbocycles. The molecule has 0 aromatic carbocycles. The molecule has 0 aromatic heterocycles. The van der Waals surface area contributed by atoms with E-state index < -0.39 is 0 Å². The predicted molar refractivity (Wildman–Crippen MR) is 93.3 cm³/mol. The number of carbonyl (C=O) groups excluding carboxylic acids is 1. The van der Waals surface area contributed by atoms with Gasteiger partial charge in [0.15, 0.2) is 0 Å². The van der Waals surface area contributed by atoms with Crippen LogP contribution in [0.2, 0.25) is 10.6 Å². The fraction of sp³-hybridized carbons (Fsp3) is 0.941. The van der Waals surface area contributed by atoms with E-state index in [0.717, 1.165) is 72.4 Å². The molecule has 1 fully saturated rings. The Morgan fingerprint density at radius 2 is 1.71 bits per heavy atom. The van der Waals surface area contributed by atoms with Gasteiger partial charge in [-0.1, -0.05) is 0 Å². The molecule has 0 radical (unpaired) electrons. The average Bonchev–Trinajstić information content (AvgIpc) is 2.45. The zero-order valence-electron chi connectivity index (χ0n) is 15.8. The quantitative estimate of drug-likeness (QED) is 0.507. The van der Waals surface area contributed by atoms with Crippen molar-refractivity contribution in [1.29, 1.82) is 0 Å². The molecule has 124 valence electrons. The molecule has 21 heavy (non-hydrogen) atoms. The van der Waals surface area contributed by atoms with Gasteiger partial charge in [0.1, 0.15) is 6.29 Å². The summed E-state index contributed by atoms with van der Waals surface area (Å²) in [5.41, 5.74) is 0. The first-order valence-electron chi connectivity index (χ1n) is 8.47. The summed E-state index contributed by atoms with van der Waals surface area (Å²) >= 11 is 0.755. The SMILES string of the molecule is CC(C)[CH2][Al+][CH2]C(C)C.COCCN1CCC(C=O)CC1.[H-]. The Morgan fingerprint density at radius 1 is 1.19 bits per heavy atom. The molecular weight excluding hydrogens is 277 g/mol. The monoisotopic (exact) mass is 313 g/mol. The summed E-state index contributed by atoms with van der Waals surface area (Å²) in [5, 5.41) is 2.97. The second kappa shape index (κ2) is 13.8. The molecule has 1 saturated heterocycles. The van der Waals surface area contributed by atoms with E-state index in [0.29, 0.717) is 5.92 Å². The van der Waals surface area contributed by atoms with Crippen molar-refractivity contribution in [2.75, 3.05) is 33.4 Å². The Morgan fingerprint density at radius 3 is 2.10 bits per heavy atom. The molecule has 0 atom stereocenters. The zero-order valence-corrected chi connectivity index (χ0v) is 16.0. The molecule has 0 spiro atoms. The molecular formula is C17H36AlNO2. The van der Waals surface area contributed by atoms with Crippen molar-refractivity contribution in [3.05, 3.63) is 0 Å². The minimum Gasteiger partial charge on any atom is -1.00 e. The second-order valence-corrected chi connectivity index (χ2v) is 8.38. The van der Waals surface area contributed by atoms with Gasteiger partial charge in [-0.05, 0) is 25.9 Å². The summed E-state index contributed by atoms with van der Waals surface area (Å²) in [6.45, 7) is 13.1. The third-order valence-electron chi connectivity index (χ3n) is 3.71. The van der Waals surface area contributed by atoms with Gasteiger partial charge in [0.2, 0.25) is 0 Å². The molecule has 0 unspecified atom stereocenters. The van der Waals surface area contributed by atoms with Gasteiger partial charge < -0.3 is 15.9 Å². The molecule has 0 aromatic rings. The fourth-order valence-corrected chi connectivity index (χ4v) is 3.82. The largest absolute Gasteiger partial charge is 1.00 e. The number of methoxy groups -OCH3 is 1. The number of piperidine rings is 1. The number of carbonyl (C=O) groups is 1. The molecule has 0 aliphatic carbocycles. The summed E-state index contributed by atoms with van der Waals surface area (Å²) in [6, 6.07) is 0. The van der Waals surface area contributed by atoms with Crippen LogP contribution in [0.3, 0.4) is 0 Å². The molecule has 3 nitrogen and oxygen atoms in total. The third-order valence-corrected chi connectivity index (χ3v) is 6.26. The molecule has 1 heterocycles. The Hall–Kier alpha value is 0.122. The first-order valence-corrected chi connectivity index (χ1v) is 10.1. The van der Waals surface area contributed by atoms with E-state index >= 15 is 0 Å². The molecule has 1 rings (SSSR count). The zero-order chi connectivity index (χ0) is 16.1. The average molecular weight is 313 g/mol. The molecule has 4 heteroatoms. The van der Waals surface area contributed by atoms with E-state index in [1.807, 2.05) is 0 Å². The fourth-order valence-electron chi connectivity index (χ4n) is 2.30. The summed E-state index contributed by atoms with van der Waals surface area (Å²) < 4.78 is 4.99. The van der Waals surface area contributed by atoms with Crippen molar-refractivity contribution in [2.24, 2.45) is 17.8 Å². The number of likely N-dealkylation sites (tertiary alicyclic amines) is 1. The van der Waals surface area contributed by atoms with Crippen LogP contribution < -0.4 is 0 Å². The summed E-state index contributed by atoms with van der Waals surface area (Å²) in [4.78, 5) is 12.8. The normalized spacial score (nSPS) is 16.5. The van der Waals surface area contributed by atoms with Crippen molar-refractivity contribution in [3.63, 3.8) is 0 Å². The van der Waals surface area contributed by atoms with Crippen LogP contribution in [0.15, 0.2) is 0 Å². The van der Waals surface area contributed by atoms with Crippen LogP contribution in [0.5, 0.6) is 0 Å². The molecule has 0 amide bonds. The Labute approximate surface area is 140 Å². The topological polar surface area (TPSA) is 29.5 Å². The summed E-state index contributed by atoms with van der Waals surface area (Å²) in [6.07, 6.45) is 3.13. The number of aldehydes is 1. The van der Waals surface area contributed by atoms with Crippen molar-refractivity contribution >= 4 is 21.5 Å². The smallest absolute Gasteiger partial charge is 0.123 e. The van der Waals surface area contributed by atoms with Crippen molar-refractivity contribution < 1.29 is 11.0 Å². The number of ether oxygens (including phenoxy) is 1. The Bertz CT molecular complexity index is 237. The molecule has 0 N–H and O–H groups in total. The number of hydrogen-bond acceptors (Lipinski definition) is 3. The Kier molecular flexibility index (Phi) is 13.8. The van der Waals surface area contributed by atoms with Gasteiger partial charge in [-0.15, -0.1) is 0 Å². The minimum atomic E-state index is 0. The maximum Gasteiger partial charge on any atom is 0.123 e. The van der Waals surface area contributed by atoms with Gasteiger partial charge in [-0.3, -0.25) is 0 Å².